The fraction of sp³-hybridized carbons (Fsp3) is 1.00. The van der Waals surface area contributed by atoms with Crippen LogP contribution in [-0.4, -0.2) is 0 Å². The quantitative estimate of drug-likeness (QED) is 0.425. The molecule has 0 fully saturated rings. The Hall–Kier alpha value is 0. The van der Waals surface area contributed by atoms with Crippen molar-refractivity contribution in [1.82, 2.24) is 0 Å². The van der Waals surface area contributed by atoms with Crippen molar-refractivity contribution in [2.75, 3.05) is 0 Å². The summed E-state index contributed by atoms with van der Waals surface area (Å²) in [6, 6.07) is 0. The van der Waals surface area contributed by atoms with E-state index in [1.165, 1.54) is 51.4 Å². The van der Waals surface area contributed by atoms with E-state index in [2.05, 4.69) is 34.6 Å². The van der Waals surface area contributed by atoms with Crippen LogP contribution < -0.4 is 0 Å². The minimum absolute atomic E-state index is 0.886. The van der Waals surface area contributed by atoms with Crippen molar-refractivity contribution in [1.29, 1.82) is 0 Å². The topological polar surface area (TPSA) is 0 Å². The lowest BCUT2D eigenvalue weighted by molar-refractivity contribution is 0.391. The van der Waals surface area contributed by atoms with E-state index in [-0.39, 0.29) is 0 Å². The molecule has 0 aromatic carbocycles. The first-order valence-corrected chi connectivity index (χ1v) is 7.56. The molecule has 0 saturated heterocycles. The lowest BCUT2D eigenvalue weighted by Gasteiger charge is -2.14. The molecule has 0 aliphatic heterocycles. The molecule has 0 aromatic rings. The van der Waals surface area contributed by atoms with Crippen LogP contribution in [0.25, 0.3) is 0 Å². The Morgan fingerprint density at radius 2 is 1.06 bits per heavy atom. The first kappa shape index (κ1) is 16.0. The lowest BCUT2D eigenvalue weighted by Crippen LogP contribution is -1.99. The highest BCUT2D eigenvalue weighted by Crippen LogP contribution is 2.20. The van der Waals surface area contributed by atoms with Gasteiger partial charge in [-0.15, -0.1) is 0 Å². The Kier molecular flexibility index (Phi) is 10.2. The van der Waals surface area contributed by atoms with Gasteiger partial charge in [0, 0.05) is 0 Å². The predicted molar refractivity (Wildman–Crippen MR) is 75.8 cm³/mol. The Morgan fingerprint density at radius 1 is 0.625 bits per heavy atom. The second-order valence-corrected chi connectivity index (χ2v) is 6.25. The molecule has 0 amide bonds. The highest BCUT2D eigenvalue weighted by atomic mass is 14.1. The Morgan fingerprint density at radius 3 is 1.50 bits per heavy atom. The summed E-state index contributed by atoms with van der Waals surface area (Å²) in [5, 5.41) is 0. The summed E-state index contributed by atoms with van der Waals surface area (Å²) in [4.78, 5) is 0. The van der Waals surface area contributed by atoms with Gasteiger partial charge in [0.05, 0.1) is 0 Å². The van der Waals surface area contributed by atoms with Crippen molar-refractivity contribution >= 4 is 0 Å². The third-order valence-electron chi connectivity index (χ3n) is 3.65. The van der Waals surface area contributed by atoms with Gasteiger partial charge in [-0.25, -0.2) is 0 Å². The molecule has 0 heterocycles. The molecule has 0 nitrogen and oxygen atoms in total. The summed E-state index contributed by atoms with van der Waals surface area (Å²) in [5.74, 6) is 2.79. The van der Waals surface area contributed by atoms with E-state index >= 15 is 0 Å². The predicted octanol–water partition coefficient (Wildman–Crippen LogP) is 6.06. The summed E-state index contributed by atoms with van der Waals surface area (Å²) >= 11 is 0. The van der Waals surface area contributed by atoms with E-state index in [0.29, 0.717) is 0 Å². The first-order valence-electron chi connectivity index (χ1n) is 7.56. The van der Waals surface area contributed by atoms with Crippen molar-refractivity contribution in [2.24, 2.45) is 17.8 Å². The summed E-state index contributed by atoms with van der Waals surface area (Å²) in [7, 11) is 0. The van der Waals surface area contributed by atoms with Crippen molar-refractivity contribution < 1.29 is 0 Å². The van der Waals surface area contributed by atoms with Crippen molar-refractivity contribution in [3.63, 3.8) is 0 Å². The third kappa shape index (κ3) is 10.5. The minimum atomic E-state index is 0.886. The summed E-state index contributed by atoms with van der Waals surface area (Å²) in [6.45, 7) is 11.8. The Bertz CT molecular complexity index is 137. The van der Waals surface area contributed by atoms with E-state index in [0.717, 1.165) is 17.8 Å². The van der Waals surface area contributed by atoms with Gasteiger partial charge < -0.3 is 0 Å². The van der Waals surface area contributed by atoms with Crippen LogP contribution in [0.4, 0.5) is 0 Å². The minimum Gasteiger partial charge on any atom is -0.0654 e. The molecule has 16 heavy (non-hydrogen) atoms. The van der Waals surface area contributed by atoms with E-state index in [1.807, 2.05) is 0 Å². The second-order valence-electron chi connectivity index (χ2n) is 6.25. The monoisotopic (exact) mass is 226 g/mol. The molecule has 0 radical (unpaired) electrons. The molecule has 0 heteroatoms. The highest BCUT2D eigenvalue weighted by molar-refractivity contribution is 4.58. The van der Waals surface area contributed by atoms with Crippen LogP contribution in [0.15, 0.2) is 0 Å². The second kappa shape index (κ2) is 10.2. The average Bonchev–Trinajstić information content (AvgIpc) is 2.17. The molecule has 0 aromatic heterocycles. The number of rotatable bonds is 10. The fourth-order valence-corrected chi connectivity index (χ4v) is 2.47. The van der Waals surface area contributed by atoms with Crippen LogP contribution in [0.3, 0.4) is 0 Å². The summed E-state index contributed by atoms with van der Waals surface area (Å²) in [5.41, 5.74) is 0. The molecule has 0 bridgehead atoms. The van der Waals surface area contributed by atoms with E-state index in [4.69, 9.17) is 0 Å². The van der Waals surface area contributed by atoms with Gasteiger partial charge in [0.15, 0.2) is 0 Å². The fourth-order valence-electron chi connectivity index (χ4n) is 2.47. The van der Waals surface area contributed by atoms with Crippen molar-refractivity contribution in [2.45, 2.75) is 86.0 Å². The maximum atomic E-state index is 2.44. The molecule has 0 aliphatic carbocycles. The zero-order valence-corrected chi connectivity index (χ0v) is 12.4. The van der Waals surface area contributed by atoms with Gasteiger partial charge in [-0.05, 0) is 17.8 Å². The normalized spacial score (nSPS) is 15.4. The van der Waals surface area contributed by atoms with Gasteiger partial charge in [0.25, 0.3) is 0 Å². The van der Waals surface area contributed by atoms with Gasteiger partial charge in [-0.3, -0.25) is 0 Å². The molecule has 98 valence electrons. The number of hydrogen-bond acceptors (Lipinski definition) is 0. The highest BCUT2D eigenvalue weighted by Gasteiger charge is 2.05. The van der Waals surface area contributed by atoms with Crippen LogP contribution in [-0.2, 0) is 0 Å². The van der Waals surface area contributed by atoms with Crippen LogP contribution >= 0.6 is 0 Å². The maximum absolute atomic E-state index is 2.44. The maximum Gasteiger partial charge on any atom is -0.0443 e. The zero-order chi connectivity index (χ0) is 12.4. The third-order valence-corrected chi connectivity index (χ3v) is 3.65. The SMILES string of the molecule is CCCC(C)CCCC(C)CCCC(C)C. The van der Waals surface area contributed by atoms with Crippen LogP contribution in [0.2, 0.25) is 0 Å². The van der Waals surface area contributed by atoms with E-state index in [1.54, 1.807) is 0 Å². The van der Waals surface area contributed by atoms with E-state index in [9.17, 15) is 0 Å². The van der Waals surface area contributed by atoms with Crippen LogP contribution in [0.1, 0.15) is 86.0 Å². The summed E-state index contributed by atoms with van der Waals surface area (Å²) < 4.78 is 0. The molecule has 2 atom stereocenters. The van der Waals surface area contributed by atoms with Gasteiger partial charge in [0.2, 0.25) is 0 Å². The van der Waals surface area contributed by atoms with Gasteiger partial charge in [0.1, 0.15) is 0 Å². The molecule has 0 rings (SSSR count). The molecule has 0 aliphatic rings. The molecular weight excluding hydrogens is 192 g/mol. The van der Waals surface area contributed by atoms with Gasteiger partial charge in [-0.2, -0.15) is 0 Å². The zero-order valence-electron chi connectivity index (χ0n) is 12.4. The molecule has 2 unspecified atom stereocenters. The van der Waals surface area contributed by atoms with Crippen LogP contribution in [0.5, 0.6) is 0 Å². The Labute approximate surface area is 104 Å². The van der Waals surface area contributed by atoms with Crippen molar-refractivity contribution in [3.05, 3.63) is 0 Å². The molecule has 0 spiro atoms. The smallest absolute Gasteiger partial charge is 0.0443 e. The molecular formula is C16H34. The number of hydrogen-bond donors (Lipinski definition) is 0. The van der Waals surface area contributed by atoms with Crippen molar-refractivity contribution in [3.8, 4) is 0 Å². The standard InChI is InChI=1S/C16H34/c1-6-9-15(4)12-8-13-16(5)11-7-10-14(2)3/h14-16H,6-13H2,1-5H3. The largest absolute Gasteiger partial charge is 0.0654 e. The first-order chi connectivity index (χ1) is 7.56. The van der Waals surface area contributed by atoms with Gasteiger partial charge >= 0.3 is 0 Å². The summed E-state index contributed by atoms with van der Waals surface area (Å²) in [6.07, 6.45) is 11.4. The van der Waals surface area contributed by atoms with E-state index < -0.39 is 0 Å². The van der Waals surface area contributed by atoms with Crippen LogP contribution in [0, 0.1) is 17.8 Å². The molecule has 0 N–H and O–H groups in total. The van der Waals surface area contributed by atoms with Gasteiger partial charge in [-0.1, -0.05) is 86.0 Å². The average molecular weight is 226 g/mol. The Balaban J connectivity index is 3.32. The molecule has 0 saturated carbocycles. The lowest BCUT2D eigenvalue weighted by atomic mass is 9.92.